The second-order valence-corrected chi connectivity index (χ2v) is 9.32. The van der Waals surface area contributed by atoms with E-state index in [9.17, 15) is 4.79 Å². The molecule has 0 radical (unpaired) electrons. The average molecular weight is 452 g/mol. The molecule has 1 fully saturated rings. The maximum Gasteiger partial charge on any atom is 0.227 e. The fourth-order valence-corrected chi connectivity index (χ4v) is 5.43. The standard InChI is InChI=1S/C27H37N3O3/c1-19(24-6-4-5-13-29(24)14-11-20-7-9-23(28)10-8-20)30-15-12-21-16-25(32-2)26(33-3)17-22(21)18-27(30)31/h7-10,16-17,19,24H,4-6,11-15,18,28H2,1-3H3. The summed E-state index contributed by atoms with van der Waals surface area (Å²) in [4.78, 5) is 18.1. The number of carbonyl (C=O) groups is 1. The van der Waals surface area contributed by atoms with Gasteiger partial charge in [0.25, 0.3) is 0 Å². The van der Waals surface area contributed by atoms with Crippen LogP contribution in [0, 0.1) is 0 Å². The molecule has 33 heavy (non-hydrogen) atoms. The van der Waals surface area contributed by atoms with Gasteiger partial charge in [-0.1, -0.05) is 18.6 Å². The van der Waals surface area contributed by atoms with E-state index >= 15 is 0 Å². The number of fused-ring (bicyclic) bond motifs is 1. The van der Waals surface area contributed by atoms with Gasteiger partial charge in [0.1, 0.15) is 0 Å². The highest BCUT2D eigenvalue weighted by atomic mass is 16.5. The summed E-state index contributed by atoms with van der Waals surface area (Å²) in [5, 5.41) is 0. The highest BCUT2D eigenvalue weighted by molar-refractivity contribution is 5.80. The Morgan fingerprint density at radius 1 is 1.03 bits per heavy atom. The smallest absolute Gasteiger partial charge is 0.227 e. The van der Waals surface area contributed by atoms with Gasteiger partial charge in [-0.05, 0) is 80.1 Å². The number of piperidine rings is 1. The van der Waals surface area contributed by atoms with E-state index in [2.05, 4.69) is 28.9 Å². The van der Waals surface area contributed by atoms with Crippen LogP contribution in [0.25, 0.3) is 0 Å². The lowest BCUT2D eigenvalue weighted by molar-refractivity contribution is -0.134. The van der Waals surface area contributed by atoms with Crippen LogP contribution in [0.1, 0.15) is 42.9 Å². The van der Waals surface area contributed by atoms with Crippen molar-refractivity contribution in [1.82, 2.24) is 9.80 Å². The second-order valence-electron chi connectivity index (χ2n) is 9.32. The molecule has 0 spiro atoms. The SMILES string of the molecule is COc1cc2c(cc1OC)CC(=O)N(C(C)C1CCCCN1CCc1ccc(N)cc1)CC2. The first-order valence-electron chi connectivity index (χ1n) is 12.1. The van der Waals surface area contributed by atoms with E-state index in [1.165, 1.54) is 24.0 Å². The molecule has 2 atom stereocenters. The Labute approximate surface area is 197 Å². The number of anilines is 1. The molecule has 0 saturated carbocycles. The summed E-state index contributed by atoms with van der Waals surface area (Å²) >= 11 is 0. The molecule has 2 heterocycles. The topological polar surface area (TPSA) is 68.0 Å². The number of methoxy groups -OCH3 is 2. The number of hydrogen-bond acceptors (Lipinski definition) is 5. The first-order chi connectivity index (χ1) is 16.0. The van der Waals surface area contributed by atoms with Crippen LogP contribution in [0.5, 0.6) is 11.5 Å². The Morgan fingerprint density at radius 3 is 2.42 bits per heavy atom. The van der Waals surface area contributed by atoms with Gasteiger partial charge < -0.3 is 20.1 Å². The summed E-state index contributed by atoms with van der Waals surface area (Å²) in [7, 11) is 3.29. The summed E-state index contributed by atoms with van der Waals surface area (Å²) in [6.45, 7) is 5.09. The number of benzene rings is 2. The van der Waals surface area contributed by atoms with Gasteiger partial charge in [-0.25, -0.2) is 0 Å². The van der Waals surface area contributed by atoms with Crippen LogP contribution in [-0.4, -0.2) is 61.6 Å². The highest BCUT2D eigenvalue weighted by Gasteiger charge is 2.34. The van der Waals surface area contributed by atoms with Gasteiger partial charge in [-0.3, -0.25) is 9.69 Å². The molecule has 0 aromatic heterocycles. The van der Waals surface area contributed by atoms with E-state index in [-0.39, 0.29) is 11.9 Å². The lowest BCUT2D eigenvalue weighted by atomic mass is 9.94. The molecule has 1 saturated heterocycles. The minimum Gasteiger partial charge on any atom is -0.493 e. The van der Waals surface area contributed by atoms with Crippen molar-refractivity contribution in [3.63, 3.8) is 0 Å². The lowest BCUT2D eigenvalue weighted by Gasteiger charge is -2.43. The Hall–Kier alpha value is -2.73. The third-order valence-corrected chi connectivity index (χ3v) is 7.37. The van der Waals surface area contributed by atoms with Crippen LogP contribution >= 0.6 is 0 Å². The zero-order valence-electron chi connectivity index (χ0n) is 20.2. The van der Waals surface area contributed by atoms with Gasteiger partial charge >= 0.3 is 0 Å². The maximum atomic E-state index is 13.4. The van der Waals surface area contributed by atoms with E-state index in [1.807, 2.05) is 24.3 Å². The number of hydrogen-bond donors (Lipinski definition) is 1. The molecule has 0 bridgehead atoms. The Kier molecular flexibility index (Phi) is 7.43. The zero-order valence-corrected chi connectivity index (χ0v) is 20.2. The molecule has 4 rings (SSSR count). The summed E-state index contributed by atoms with van der Waals surface area (Å²) in [5.74, 6) is 1.62. The van der Waals surface area contributed by atoms with Crippen LogP contribution in [0.4, 0.5) is 5.69 Å². The van der Waals surface area contributed by atoms with Crippen molar-refractivity contribution >= 4 is 11.6 Å². The van der Waals surface area contributed by atoms with Crippen molar-refractivity contribution in [1.29, 1.82) is 0 Å². The van der Waals surface area contributed by atoms with E-state index < -0.39 is 0 Å². The quantitative estimate of drug-likeness (QED) is 0.650. The Balaban J connectivity index is 1.46. The normalized spacial score (nSPS) is 20.2. The largest absolute Gasteiger partial charge is 0.493 e. The van der Waals surface area contributed by atoms with E-state index in [0.29, 0.717) is 18.2 Å². The average Bonchev–Trinajstić information content (AvgIpc) is 3.00. The van der Waals surface area contributed by atoms with E-state index in [0.717, 1.165) is 55.9 Å². The summed E-state index contributed by atoms with van der Waals surface area (Å²) in [6.07, 6.45) is 5.85. The predicted molar refractivity (Wildman–Crippen MR) is 132 cm³/mol. The lowest BCUT2D eigenvalue weighted by Crippen LogP contribution is -2.54. The first-order valence-corrected chi connectivity index (χ1v) is 12.1. The molecule has 0 aliphatic carbocycles. The van der Waals surface area contributed by atoms with Gasteiger partial charge in [-0.2, -0.15) is 0 Å². The molecule has 2 aromatic carbocycles. The van der Waals surface area contributed by atoms with Crippen LogP contribution < -0.4 is 15.2 Å². The van der Waals surface area contributed by atoms with Crippen molar-refractivity contribution in [3.05, 3.63) is 53.1 Å². The first kappa shape index (κ1) is 23.4. The number of amides is 1. The summed E-state index contributed by atoms with van der Waals surface area (Å²) < 4.78 is 11.0. The molecule has 6 heteroatoms. The molecular weight excluding hydrogens is 414 g/mol. The number of ether oxygens (including phenoxy) is 2. The Bertz CT molecular complexity index is 960. The number of rotatable bonds is 7. The third kappa shape index (κ3) is 5.27. The fourth-order valence-electron chi connectivity index (χ4n) is 5.43. The van der Waals surface area contributed by atoms with Gasteiger partial charge in [0.05, 0.1) is 20.6 Å². The molecule has 6 nitrogen and oxygen atoms in total. The van der Waals surface area contributed by atoms with Crippen molar-refractivity contribution in [3.8, 4) is 11.5 Å². The predicted octanol–water partition coefficient (Wildman–Crippen LogP) is 3.70. The molecule has 2 aromatic rings. The van der Waals surface area contributed by atoms with Crippen molar-refractivity contribution in [2.75, 3.05) is 39.6 Å². The number of likely N-dealkylation sites (tertiary alicyclic amines) is 1. The van der Waals surface area contributed by atoms with Gasteiger partial charge in [0, 0.05) is 30.9 Å². The van der Waals surface area contributed by atoms with Crippen LogP contribution in [-0.2, 0) is 24.1 Å². The van der Waals surface area contributed by atoms with Crippen molar-refractivity contribution in [2.45, 2.75) is 57.5 Å². The summed E-state index contributed by atoms with van der Waals surface area (Å²) in [6, 6.07) is 12.8. The number of nitrogen functional groups attached to an aromatic ring is 1. The number of carbonyl (C=O) groups excluding carboxylic acids is 1. The minimum atomic E-state index is 0.183. The minimum absolute atomic E-state index is 0.183. The van der Waals surface area contributed by atoms with E-state index in [4.69, 9.17) is 15.2 Å². The van der Waals surface area contributed by atoms with Gasteiger partial charge in [0.2, 0.25) is 5.91 Å². The molecule has 1 amide bonds. The monoisotopic (exact) mass is 451 g/mol. The maximum absolute atomic E-state index is 13.4. The van der Waals surface area contributed by atoms with Crippen LogP contribution in [0.15, 0.2) is 36.4 Å². The second kappa shape index (κ2) is 10.5. The van der Waals surface area contributed by atoms with E-state index in [1.54, 1.807) is 14.2 Å². The number of nitrogens with zero attached hydrogens (tertiary/aromatic N) is 2. The molecular formula is C27H37N3O3. The van der Waals surface area contributed by atoms with Gasteiger partial charge in [0.15, 0.2) is 11.5 Å². The summed E-state index contributed by atoms with van der Waals surface area (Å²) in [5.41, 5.74) is 10.2. The molecule has 178 valence electrons. The van der Waals surface area contributed by atoms with Gasteiger partial charge in [-0.15, -0.1) is 0 Å². The van der Waals surface area contributed by atoms with Crippen LogP contribution in [0.2, 0.25) is 0 Å². The molecule has 2 N–H and O–H groups in total. The Morgan fingerprint density at radius 2 is 1.73 bits per heavy atom. The highest BCUT2D eigenvalue weighted by Crippen LogP contribution is 2.33. The molecule has 2 unspecified atom stereocenters. The third-order valence-electron chi connectivity index (χ3n) is 7.37. The van der Waals surface area contributed by atoms with Crippen molar-refractivity contribution in [2.24, 2.45) is 0 Å². The molecule has 2 aliphatic heterocycles. The zero-order chi connectivity index (χ0) is 23.4. The fraction of sp³-hybridized carbons (Fsp3) is 0.519. The number of nitrogens with two attached hydrogens (primary N) is 1. The molecule has 2 aliphatic rings. The van der Waals surface area contributed by atoms with Crippen LogP contribution in [0.3, 0.4) is 0 Å². The van der Waals surface area contributed by atoms with Crippen molar-refractivity contribution < 1.29 is 14.3 Å².